The van der Waals surface area contributed by atoms with Crippen LogP contribution in [0.1, 0.15) is 31.9 Å². The van der Waals surface area contributed by atoms with Gasteiger partial charge in [-0.2, -0.15) is 0 Å². The zero-order valence-corrected chi connectivity index (χ0v) is 11.5. The van der Waals surface area contributed by atoms with Crippen LogP contribution in [0.15, 0.2) is 18.2 Å². The number of rotatable bonds is 7. The molecule has 0 heterocycles. The Labute approximate surface area is 108 Å². The quantitative estimate of drug-likeness (QED) is 0.812. The van der Waals surface area contributed by atoms with Crippen molar-refractivity contribution in [3.8, 4) is 5.75 Å². The number of halogens is 1. The first kappa shape index (κ1) is 14.9. The molecule has 0 saturated carbocycles. The Hall–Kier alpha value is -1.13. The summed E-state index contributed by atoms with van der Waals surface area (Å²) in [6.07, 6.45) is 0.887. The first-order valence-electron chi connectivity index (χ1n) is 6.17. The molecule has 0 aromatic heterocycles. The number of methoxy groups -OCH3 is 2. The van der Waals surface area contributed by atoms with Crippen molar-refractivity contribution < 1.29 is 13.9 Å². The Morgan fingerprint density at radius 3 is 2.61 bits per heavy atom. The van der Waals surface area contributed by atoms with Crippen LogP contribution in [-0.4, -0.2) is 26.9 Å². The Bertz CT molecular complexity index is 371. The lowest BCUT2D eigenvalue weighted by Crippen LogP contribution is -2.30. The molecule has 0 aliphatic carbocycles. The molecule has 2 unspecified atom stereocenters. The highest BCUT2D eigenvalue weighted by Crippen LogP contribution is 2.27. The molecule has 2 atom stereocenters. The molecule has 0 aliphatic rings. The molecule has 4 heteroatoms. The van der Waals surface area contributed by atoms with E-state index >= 15 is 0 Å². The fourth-order valence-corrected chi connectivity index (χ4v) is 2.00. The van der Waals surface area contributed by atoms with Gasteiger partial charge in [-0.05, 0) is 32.4 Å². The molecular weight excluding hydrogens is 233 g/mol. The van der Waals surface area contributed by atoms with Crippen molar-refractivity contribution in [1.82, 2.24) is 5.32 Å². The maximum Gasteiger partial charge on any atom is 0.131 e. The smallest absolute Gasteiger partial charge is 0.131 e. The molecule has 1 aromatic carbocycles. The van der Waals surface area contributed by atoms with E-state index in [1.165, 1.54) is 6.07 Å². The van der Waals surface area contributed by atoms with Crippen molar-refractivity contribution in [2.24, 2.45) is 0 Å². The van der Waals surface area contributed by atoms with E-state index in [0.29, 0.717) is 17.9 Å². The van der Waals surface area contributed by atoms with Gasteiger partial charge in [0.05, 0.1) is 7.11 Å². The van der Waals surface area contributed by atoms with E-state index in [1.807, 2.05) is 6.92 Å². The lowest BCUT2D eigenvalue weighted by molar-refractivity contribution is 0.183. The first-order valence-corrected chi connectivity index (χ1v) is 6.17. The molecule has 1 rings (SSSR count). The third-order valence-electron chi connectivity index (χ3n) is 2.96. The Morgan fingerprint density at radius 1 is 1.28 bits per heavy atom. The lowest BCUT2D eigenvalue weighted by atomic mass is 10.0. The molecule has 0 spiro atoms. The predicted octanol–water partition coefficient (Wildman–Crippen LogP) is 2.91. The summed E-state index contributed by atoms with van der Waals surface area (Å²) in [6, 6.07) is 5.03. The van der Waals surface area contributed by atoms with Gasteiger partial charge >= 0.3 is 0 Å². The summed E-state index contributed by atoms with van der Waals surface area (Å²) in [4.78, 5) is 0. The highest BCUT2D eigenvalue weighted by atomic mass is 19.1. The second-order valence-corrected chi connectivity index (χ2v) is 4.43. The predicted molar refractivity (Wildman–Crippen MR) is 70.5 cm³/mol. The highest BCUT2D eigenvalue weighted by molar-refractivity contribution is 5.36. The number of nitrogens with one attached hydrogen (secondary N) is 1. The summed E-state index contributed by atoms with van der Waals surface area (Å²) in [5.41, 5.74) is 0.573. The highest BCUT2D eigenvalue weighted by Gasteiger charge is 2.17. The monoisotopic (exact) mass is 255 g/mol. The van der Waals surface area contributed by atoms with Gasteiger partial charge in [0, 0.05) is 31.4 Å². The van der Waals surface area contributed by atoms with Crippen molar-refractivity contribution in [3.05, 3.63) is 29.6 Å². The summed E-state index contributed by atoms with van der Waals surface area (Å²) in [5.74, 6) is 0.335. The number of hydrogen-bond acceptors (Lipinski definition) is 3. The van der Waals surface area contributed by atoms with E-state index in [-0.39, 0.29) is 17.9 Å². The summed E-state index contributed by atoms with van der Waals surface area (Å²) < 4.78 is 24.1. The van der Waals surface area contributed by atoms with Gasteiger partial charge in [0.25, 0.3) is 0 Å². The maximum atomic E-state index is 13.8. The largest absolute Gasteiger partial charge is 0.496 e. The van der Waals surface area contributed by atoms with E-state index in [1.54, 1.807) is 26.4 Å². The van der Waals surface area contributed by atoms with Crippen molar-refractivity contribution in [2.75, 3.05) is 20.8 Å². The van der Waals surface area contributed by atoms with Crippen LogP contribution in [-0.2, 0) is 4.74 Å². The molecule has 0 aliphatic heterocycles. The average Bonchev–Trinajstić information content (AvgIpc) is 2.35. The topological polar surface area (TPSA) is 30.5 Å². The van der Waals surface area contributed by atoms with Crippen LogP contribution in [0.3, 0.4) is 0 Å². The van der Waals surface area contributed by atoms with Gasteiger partial charge in [-0.15, -0.1) is 0 Å². The van der Waals surface area contributed by atoms with Gasteiger partial charge in [-0.3, -0.25) is 0 Å². The molecule has 3 nitrogen and oxygen atoms in total. The van der Waals surface area contributed by atoms with Crippen LogP contribution < -0.4 is 10.1 Å². The standard InChI is InChI=1S/C14H22FNO2/c1-10(8-9-17-3)16-11(2)14-12(15)6-5-7-13(14)18-4/h5-7,10-11,16H,8-9H2,1-4H3. The summed E-state index contributed by atoms with van der Waals surface area (Å²) in [5, 5.41) is 3.35. The average molecular weight is 255 g/mol. The number of benzene rings is 1. The molecule has 1 aromatic rings. The van der Waals surface area contributed by atoms with E-state index in [2.05, 4.69) is 12.2 Å². The van der Waals surface area contributed by atoms with Crippen LogP contribution in [0.2, 0.25) is 0 Å². The summed E-state index contributed by atoms with van der Waals surface area (Å²) >= 11 is 0. The van der Waals surface area contributed by atoms with Gasteiger partial charge in [-0.25, -0.2) is 4.39 Å². The van der Waals surface area contributed by atoms with Gasteiger partial charge in [0.15, 0.2) is 0 Å². The Balaban J connectivity index is 2.74. The zero-order valence-electron chi connectivity index (χ0n) is 11.5. The molecular formula is C14H22FNO2. The van der Waals surface area contributed by atoms with E-state index < -0.39 is 0 Å². The molecule has 1 N–H and O–H groups in total. The molecule has 0 fully saturated rings. The van der Waals surface area contributed by atoms with Crippen LogP contribution in [0.4, 0.5) is 4.39 Å². The van der Waals surface area contributed by atoms with Crippen LogP contribution in [0.5, 0.6) is 5.75 Å². The molecule has 18 heavy (non-hydrogen) atoms. The van der Waals surface area contributed by atoms with Crippen LogP contribution in [0, 0.1) is 5.82 Å². The fourth-order valence-electron chi connectivity index (χ4n) is 2.00. The molecule has 0 saturated heterocycles. The Morgan fingerprint density at radius 2 is 2.00 bits per heavy atom. The third kappa shape index (κ3) is 3.96. The lowest BCUT2D eigenvalue weighted by Gasteiger charge is -2.22. The normalized spacial score (nSPS) is 14.3. The second-order valence-electron chi connectivity index (χ2n) is 4.43. The molecule has 0 radical (unpaired) electrons. The minimum absolute atomic E-state index is 0.104. The van der Waals surface area contributed by atoms with Crippen molar-refractivity contribution in [3.63, 3.8) is 0 Å². The van der Waals surface area contributed by atoms with Crippen molar-refractivity contribution >= 4 is 0 Å². The number of ether oxygens (including phenoxy) is 2. The summed E-state index contributed by atoms with van der Waals surface area (Å²) in [6.45, 7) is 4.68. The third-order valence-corrected chi connectivity index (χ3v) is 2.96. The molecule has 102 valence electrons. The van der Waals surface area contributed by atoms with E-state index in [9.17, 15) is 4.39 Å². The fraction of sp³-hybridized carbons (Fsp3) is 0.571. The SMILES string of the molecule is COCCC(C)NC(C)c1c(F)cccc1OC. The zero-order chi connectivity index (χ0) is 13.5. The van der Waals surface area contributed by atoms with E-state index in [4.69, 9.17) is 9.47 Å². The molecule has 0 bridgehead atoms. The summed E-state index contributed by atoms with van der Waals surface area (Å²) in [7, 11) is 3.23. The Kier molecular flexibility index (Phi) is 6.09. The van der Waals surface area contributed by atoms with Crippen molar-refractivity contribution in [1.29, 1.82) is 0 Å². The second kappa shape index (κ2) is 7.34. The van der Waals surface area contributed by atoms with Crippen LogP contribution >= 0.6 is 0 Å². The van der Waals surface area contributed by atoms with Crippen LogP contribution in [0.25, 0.3) is 0 Å². The van der Waals surface area contributed by atoms with Gasteiger partial charge < -0.3 is 14.8 Å². The maximum absolute atomic E-state index is 13.8. The van der Waals surface area contributed by atoms with Gasteiger partial charge in [0.2, 0.25) is 0 Å². The van der Waals surface area contributed by atoms with Crippen molar-refractivity contribution in [2.45, 2.75) is 32.4 Å². The first-order chi connectivity index (χ1) is 8.60. The van der Waals surface area contributed by atoms with Gasteiger partial charge in [0.1, 0.15) is 11.6 Å². The number of hydrogen-bond donors (Lipinski definition) is 1. The van der Waals surface area contributed by atoms with Gasteiger partial charge in [-0.1, -0.05) is 6.07 Å². The molecule has 0 amide bonds. The minimum atomic E-state index is -0.242. The minimum Gasteiger partial charge on any atom is -0.496 e. The van der Waals surface area contributed by atoms with E-state index in [0.717, 1.165) is 6.42 Å².